The zero-order valence-corrected chi connectivity index (χ0v) is 9.74. The van der Waals surface area contributed by atoms with Gasteiger partial charge in [0, 0.05) is 11.4 Å². The van der Waals surface area contributed by atoms with Crippen LogP contribution in [0.2, 0.25) is 0 Å². The van der Waals surface area contributed by atoms with Gasteiger partial charge in [0.05, 0.1) is 6.61 Å². The van der Waals surface area contributed by atoms with Crippen molar-refractivity contribution in [1.29, 1.82) is 0 Å². The highest BCUT2D eigenvalue weighted by Gasteiger charge is 1.93. The summed E-state index contributed by atoms with van der Waals surface area (Å²) in [5.74, 6) is 1.21. The molecule has 1 aromatic rings. The van der Waals surface area contributed by atoms with E-state index in [0.29, 0.717) is 18.3 Å². The minimum Gasteiger partial charge on any atom is -0.479 e. The van der Waals surface area contributed by atoms with Crippen LogP contribution in [0.5, 0.6) is 5.75 Å². The van der Waals surface area contributed by atoms with Gasteiger partial charge in [-0.05, 0) is 36.3 Å². The van der Waals surface area contributed by atoms with Crippen LogP contribution in [0.4, 0.5) is 0 Å². The lowest BCUT2D eigenvalue weighted by Crippen LogP contribution is -2.00. The molecular formula is C10H12BrNO2. The van der Waals surface area contributed by atoms with Crippen LogP contribution in [0.25, 0.3) is 0 Å². The van der Waals surface area contributed by atoms with Crippen molar-refractivity contribution in [3.8, 4) is 5.75 Å². The zero-order valence-electron chi connectivity index (χ0n) is 8.16. The SMILES string of the molecule is CCO/C(C)=N/Oc1ccc(Br)cc1. The number of halogens is 1. The second kappa shape index (κ2) is 5.65. The third-order valence-electron chi connectivity index (χ3n) is 1.45. The molecular weight excluding hydrogens is 246 g/mol. The van der Waals surface area contributed by atoms with Crippen LogP contribution in [0.1, 0.15) is 13.8 Å². The number of benzene rings is 1. The van der Waals surface area contributed by atoms with Crippen LogP contribution in [0.15, 0.2) is 33.9 Å². The van der Waals surface area contributed by atoms with Crippen molar-refractivity contribution < 1.29 is 9.57 Å². The second-order valence-electron chi connectivity index (χ2n) is 2.59. The highest BCUT2D eigenvalue weighted by atomic mass is 79.9. The monoisotopic (exact) mass is 257 g/mol. The van der Waals surface area contributed by atoms with Crippen molar-refractivity contribution in [1.82, 2.24) is 0 Å². The van der Waals surface area contributed by atoms with Gasteiger partial charge >= 0.3 is 0 Å². The van der Waals surface area contributed by atoms with Gasteiger partial charge in [-0.25, -0.2) is 0 Å². The van der Waals surface area contributed by atoms with Crippen molar-refractivity contribution in [3.63, 3.8) is 0 Å². The molecule has 0 fully saturated rings. The summed E-state index contributed by atoms with van der Waals surface area (Å²) in [6.45, 7) is 4.25. The fraction of sp³-hybridized carbons (Fsp3) is 0.300. The maximum absolute atomic E-state index is 5.12. The Bertz CT molecular complexity index is 308. The highest BCUT2D eigenvalue weighted by Crippen LogP contribution is 2.16. The number of ether oxygens (including phenoxy) is 1. The van der Waals surface area contributed by atoms with E-state index >= 15 is 0 Å². The molecule has 0 heterocycles. The molecule has 0 aliphatic heterocycles. The molecule has 0 radical (unpaired) electrons. The maximum atomic E-state index is 5.12. The highest BCUT2D eigenvalue weighted by molar-refractivity contribution is 9.10. The predicted molar refractivity (Wildman–Crippen MR) is 59.5 cm³/mol. The molecule has 0 bridgehead atoms. The largest absolute Gasteiger partial charge is 0.479 e. The number of nitrogens with zero attached hydrogens (tertiary/aromatic N) is 1. The van der Waals surface area contributed by atoms with Gasteiger partial charge in [-0.1, -0.05) is 15.9 Å². The molecule has 0 amide bonds. The van der Waals surface area contributed by atoms with E-state index in [9.17, 15) is 0 Å². The van der Waals surface area contributed by atoms with Gasteiger partial charge in [-0.2, -0.15) is 0 Å². The smallest absolute Gasteiger partial charge is 0.223 e. The molecule has 76 valence electrons. The summed E-state index contributed by atoms with van der Waals surface area (Å²) < 4.78 is 6.11. The summed E-state index contributed by atoms with van der Waals surface area (Å²) in [5.41, 5.74) is 0. The van der Waals surface area contributed by atoms with Gasteiger partial charge in [0.15, 0.2) is 5.75 Å². The molecule has 1 aromatic carbocycles. The van der Waals surface area contributed by atoms with Crippen molar-refractivity contribution in [2.45, 2.75) is 13.8 Å². The van der Waals surface area contributed by atoms with Crippen LogP contribution in [0.3, 0.4) is 0 Å². The first kappa shape index (κ1) is 11.0. The summed E-state index contributed by atoms with van der Waals surface area (Å²) in [4.78, 5) is 5.12. The summed E-state index contributed by atoms with van der Waals surface area (Å²) >= 11 is 3.33. The van der Waals surface area contributed by atoms with E-state index < -0.39 is 0 Å². The number of rotatable bonds is 3. The fourth-order valence-electron chi connectivity index (χ4n) is 0.848. The lowest BCUT2D eigenvalue weighted by molar-refractivity contribution is 0.276. The van der Waals surface area contributed by atoms with Crippen molar-refractivity contribution in [2.75, 3.05) is 6.61 Å². The summed E-state index contributed by atoms with van der Waals surface area (Å²) in [6, 6.07) is 7.43. The zero-order chi connectivity index (χ0) is 10.4. The quantitative estimate of drug-likeness (QED) is 0.473. The van der Waals surface area contributed by atoms with E-state index in [1.807, 2.05) is 31.2 Å². The van der Waals surface area contributed by atoms with E-state index in [0.717, 1.165) is 4.47 Å². The van der Waals surface area contributed by atoms with E-state index in [4.69, 9.17) is 9.57 Å². The predicted octanol–water partition coefficient (Wildman–Crippen LogP) is 3.20. The molecule has 4 heteroatoms. The summed E-state index contributed by atoms with van der Waals surface area (Å²) in [5, 5.41) is 3.79. The number of hydrogen-bond acceptors (Lipinski definition) is 3. The first-order valence-corrected chi connectivity index (χ1v) is 5.11. The van der Waals surface area contributed by atoms with E-state index in [1.165, 1.54) is 0 Å². The molecule has 0 aliphatic carbocycles. The molecule has 0 saturated heterocycles. The van der Waals surface area contributed by atoms with Crippen LogP contribution in [0, 0.1) is 0 Å². The lowest BCUT2D eigenvalue weighted by Gasteiger charge is -2.01. The average Bonchev–Trinajstić information content (AvgIpc) is 2.17. The number of oxime groups is 1. The van der Waals surface area contributed by atoms with Crippen LogP contribution in [-0.2, 0) is 4.74 Å². The van der Waals surface area contributed by atoms with Gasteiger partial charge in [0.2, 0.25) is 5.90 Å². The molecule has 0 N–H and O–H groups in total. The molecule has 3 nitrogen and oxygen atoms in total. The van der Waals surface area contributed by atoms with Gasteiger partial charge < -0.3 is 9.57 Å². The normalized spacial score (nSPS) is 11.2. The first-order chi connectivity index (χ1) is 6.72. The van der Waals surface area contributed by atoms with Crippen molar-refractivity contribution >= 4 is 21.8 Å². The molecule has 0 saturated carbocycles. The Morgan fingerprint density at radius 3 is 2.57 bits per heavy atom. The summed E-state index contributed by atoms with van der Waals surface area (Å²) in [6.07, 6.45) is 0. The van der Waals surface area contributed by atoms with Crippen LogP contribution >= 0.6 is 15.9 Å². The Balaban J connectivity index is 2.53. The molecule has 14 heavy (non-hydrogen) atoms. The van der Waals surface area contributed by atoms with Gasteiger partial charge in [-0.3, -0.25) is 0 Å². The molecule has 0 aliphatic rings. The standard InChI is InChI=1S/C10H12BrNO2/c1-3-13-8(2)12-14-10-6-4-9(11)5-7-10/h4-7H,3H2,1-2H3/b12-8+. The lowest BCUT2D eigenvalue weighted by atomic mass is 10.3. The maximum Gasteiger partial charge on any atom is 0.223 e. The Kier molecular flexibility index (Phi) is 4.46. The Morgan fingerprint density at radius 2 is 2.00 bits per heavy atom. The van der Waals surface area contributed by atoms with Crippen LogP contribution < -0.4 is 4.84 Å². The first-order valence-electron chi connectivity index (χ1n) is 4.32. The average molecular weight is 258 g/mol. The van der Waals surface area contributed by atoms with Gasteiger partial charge in [0.25, 0.3) is 0 Å². The second-order valence-corrected chi connectivity index (χ2v) is 3.50. The fourth-order valence-corrected chi connectivity index (χ4v) is 1.11. The third kappa shape index (κ3) is 3.79. The van der Waals surface area contributed by atoms with E-state index in [2.05, 4.69) is 21.1 Å². The third-order valence-corrected chi connectivity index (χ3v) is 1.98. The Morgan fingerprint density at radius 1 is 1.36 bits per heavy atom. The summed E-state index contributed by atoms with van der Waals surface area (Å²) in [7, 11) is 0. The number of hydrogen-bond donors (Lipinski definition) is 0. The van der Waals surface area contributed by atoms with Gasteiger partial charge in [0.1, 0.15) is 0 Å². The van der Waals surface area contributed by atoms with Crippen molar-refractivity contribution in [3.05, 3.63) is 28.7 Å². The Labute approximate surface area is 91.8 Å². The van der Waals surface area contributed by atoms with E-state index in [-0.39, 0.29) is 0 Å². The molecule has 1 rings (SSSR count). The molecule has 0 atom stereocenters. The minimum atomic E-state index is 0.524. The molecule has 0 spiro atoms. The van der Waals surface area contributed by atoms with Gasteiger partial charge in [-0.15, -0.1) is 0 Å². The van der Waals surface area contributed by atoms with Crippen molar-refractivity contribution in [2.24, 2.45) is 5.16 Å². The van der Waals surface area contributed by atoms with Crippen LogP contribution in [-0.4, -0.2) is 12.5 Å². The minimum absolute atomic E-state index is 0.524. The molecule has 0 aromatic heterocycles. The molecule has 0 unspecified atom stereocenters. The van der Waals surface area contributed by atoms with E-state index in [1.54, 1.807) is 6.92 Å². The Hall–Kier alpha value is -1.03. The topological polar surface area (TPSA) is 30.8 Å².